The summed E-state index contributed by atoms with van der Waals surface area (Å²) in [6.45, 7) is 6.54. The molecule has 464 valence electrons. The third-order valence-electron chi connectivity index (χ3n) is 15.4. The van der Waals surface area contributed by atoms with Gasteiger partial charge >= 0.3 is 17.9 Å². The fourth-order valence-electron chi connectivity index (χ4n) is 10.2. The highest BCUT2D eigenvalue weighted by Crippen LogP contribution is 2.18. The summed E-state index contributed by atoms with van der Waals surface area (Å²) in [6, 6.07) is 0. The zero-order valence-corrected chi connectivity index (χ0v) is 53.3. The molecule has 80 heavy (non-hydrogen) atoms. The van der Waals surface area contributed by atoms with Crippen LogP contribution in [0.3, 0.4) is 0 Å². The number of carbonyl (C=O) groups excluding carboxylic acids is 3. The number of hydrogen-bond donors (Lipinski definition) is 0. The Morgan fingerprint density at radius 1 is 0.263 bits per heavy atom. The van der Waals surface area contributed by atoms with Crippen molar-refractivity contribution < 1.29 is 28.6 Å². The SMILES string of the molecule is CC/C=C\C/C=C\C/C=C\CCCCCC(=O)OCC(COC(=O)CCCCCCCCCCCC/C=C\C/C=C\C/C=C\CCCCCCC)OC(=O)CCCCCCCCCCCCCCCCCCCCCCCCCC. The lowest BCUT2D eigenvalue weighted by Crippen LogP contribution is -2.30. The van der Waals surface area contributed by atoms with Crippen molar-refractivity contribution in [2.45, 2.75) is 367 Å². The minimum Gasteiger partial charge on any atom is -0.462 e. The molecule has 1 atom stereocenters. The summed E-state index contributed by atoms with van der Waals surface area (Å²) in [5, 5.41) is 0. The number of unbranched alkanes of at least 4 members (excludes halogenated alkanes) is 41. The molecule has 0 saturated carbocycles. The van der Waals surface area contributed by atoms with Crippen LogP contribution >= 0.6 is 0 Å². The average Bonchev–Trinajstić information content (AvgIpc) is 3.46. The molecule has 0 aromatic heterocycles. The normalized spacial score (nSPS) is 12.5. The van der Waals surface area contributed by atoms with E-state index in [1.807, 2.05) is 0 Å². The van der Waals surface area contributed by atoms with Crippen LogP contribution in [0, 0.1) is 0 Å². The molecule has 0 N–H and O–H groups in total. The van der Waals surface area contributed by atoms with Gasteiger partial charge in [-0.15, -0.1) is 0 Å². The van der Waals surface area contributed by atoms with Gasteiger partial charge in [0.05, 0.1) is 0 Å². The van der Waals surface area contributed by atoms with Crippen molar-refractivity contribution in [1.29, 1.82) is 0 Å². The molecular formula is C74H132O6. The van der Waals surface area contributed by atoms with Crippen molar-refractivity contribution in [1.82, 2.24) is 0 Å². The van der Waals surface area contributed by atoms with Crippen LogP contribution in [0.15, 0.2) is 72.9 Å². The summed E-state index contributed by atoms with van der Waals surface area (Å²) in [7, 11) is 0. The summed E-state index contributed by atoms with van der Waals surface area (Å²) in [5.41, 5.74) is 0. The molecule has 0 aromatic carbocycles. The van der Waals surface area contributed by atoms with Crippen LogP contribution in [0.4, 0.5) is 0 Å². The Morgan fingerprint density at radius 3 is 0.775 bits per heavy atom. The van der Waals surface area contributed by atoms with Crippen LogP contribution in [-0.4, -0.2) is 37.2 Å². The minimum absolute atomic E-state index is 0.0840. The summed E-state index contributed by atoms with van der Waals surface area (Å²) in [5.74, 6) is -0.898. The van der Waals surface area contributed by atoms with Crippen LogP contribution in [0.5, 0.6) is 0 Å². The standard InChI is InChI=1S/C74H132O6/c1-4-7-10-13-16-19-22-25-27-29-31-33-35-37-39-40-42-44-46-49-52-55-58-61-64-67-73(76)79-70-71(69-78-72(75)66-63-60-57-54-51-48-24-21-18-15-12-9-6-3)80-74(77)68-65-62-59-56-53-50-47-45-43-41-38-36-34-32-30-28-26-23-20-17-14-11-8-5-2/h9,12,18,21-22,25,29,31,35,37,48,51,71H,4-8,10-11,13-17,19-20,23-24,26-28,30,32-34,36,38-47,49-50,52-70H2,1-3H3/b12-9-,21-18-,25-22-,31-29-,37-35-,51-48-. The number of ether oxygens (including phenoxy) is 3. The highest BCUT2D eigenvalue weighted by molar-refractivity contribution is 5.71. The molecule has 6 heteroatoms. The van der Waals surface area contributed by atoms with Crippen LogP contribution in [-0.2, 0) is 28.6 Å². The van der Waals surface area contributed by atoms with Gasteiger partial charge in [-0.25, -0.2) is 0 Å². The number of carbonyl (C=O) groups is 3. The Bertz CT molecular complexity index is 1470. The van der Waals surface area contributed by atoms with E-state index in [1.54, 1.807) is 0 Å². The third-order valence-corrected chi connectivity index (χ3v) is 15.4. The third kappa shape index (κ3) is 65.7. The van der Waals surface area contributed by atoms with Gasteiger partial charge in [-0.1, -0.05) is 325 Å². The second-order valence-corrected chi connectivity index (χ2v) is 23.4. The van der Waals surface area contributed by atoms with E-state index in [-0.39, 0.29) is 31.1 Å². The van der Waals surface area contributed by atoms with Crippen LogP contribution in [0.2, 0.25) is 0 Å². The Labute approximate surface area is 497 Å². The van der Waals surface area contributed by atoms with Gasteiger partial charge in [-0.2, -0.15) is 0 Å². The van der Waals surface area contributed by atoms with Gasteiger partial charge in [-0.3, -0.25) is 14.4 Å². The molecule has 0 radical (unpaired) electrons. The smallest absolute Gasteiger partial charge is 0.306 e. The van der Waals surface area contributed by atoms with E-state index in [4.69, 9.17) is 14.2 Å². The van der Waals surface area contributed by atoms with Gasteiger partial charge in [-0.05, 0) is 89.9 Å². The predicted octanol–water partition coefficient (Wildman–Crippen LogP) is 24.1. The molecule has 0 spiro atoms. The van der Waals surface area contributed by atoms with E-state index in [0.29, 0.717) is 19.3 Å². The molecule has 0 aromatic rings. The van der Waals surface area contributed by atoms with Crippen molar-refractivity contribution in [3.05, 3.63) is 72.9 Å². The first-order chi connectivity index (χ1) is 39.5. The monoisotopic (exact) mass is 1120 g/mol. The Morgan fingerprint density at radius 2 is 0.487 bits per heavy atom. The fraction of sp³-hybridized carbons (Fsp3) is 0.797. The van der Waals surface area contributed by atoms with E-state index in [0.717, 1.165) is 96.3 Å². The van der Waals surface area contributed by atoms with Crippen LogP contribution in [0.25, 0.3) is 0 Å². The molecule has 0 bridgehead atoms. The van der Waals surface area contributed by atoms with E-state index < -0.39 is 6.10 Å². The molecule has 0 saturated heterocycles. The Hall–Kier alpha value is -3.15. The summed E-state index contributed by atoms with van der Waals surface area (Å²) in [4.78, 5) is 38.4. The molecule has 0 amide bonds. The summed E-state index contributed by atoms with van der Waals surface area (Å²) < 4.78 is 16.9. The molecule has 0 aliphatic carbocycles. The minimum atomic E-state index is -0.789. The van der Waals surface area contributed by atoms with E-state index >= 15 is 0 Å². The zero-order valence-electron chi connectivity index (χ0n) is 53.3. The second-order valence-electron chi connectivity index (χ2n) is 23.4. The molecule has 0 rings (SSSR count). The van der Waals surface area contributed by atoms with Crippen molar-refractivity contribution in [3.63, 3.8) is 0 Å². The highest BCUT2D eigenvalue weighted by Gasteiger charge is 2.19. The molecule has 0 aliphatic heterocycles. The lowest BCUT2D eigenvalue weighted by molar-refractivity contribution is -0.167. The largest absolute Gasteiger partial charge is 0.462 e. The highest BCUT2D eigenvalue weighted by atomic mass is 16.6. The van der Waals surface area contributed by atoms with Gasteiger partial charge in [0, 0.05) is 19.3 Å². The first-order valence-corrected chi connectivity index (χ1v) is 34.9. The summed E-state index contributed by atoms with van der Waals surface area (Å²) in [6.07, 6.45) is 89.4. The molecule has 6 nitrogen and oxygen atoms in total. The van der Waals surface area contributed by atoms with Crippen molar-refractivity contribution in [3.8, 4) is 0 Å². The number of esters is 3. The topological polar surface area (TPSA) is 78.9 Å². The van der Waals surface area contributed by atoms with Gasteiger partial charge < -0.3 is 14.2 Å². The quantitative estimate of drug-likeness (QED) is 0.0261. The number of hydrogen-bond acceptors (Lipinski definition) is 6. The first kappa shape index (κ1) is 76.9. The van der Waals surface area contributed by atoms with Crippen molar-refractivity contribution >= 4 is 17.9 Å². The lowest BCUT2D eigenvalue weighted by atomic mass is 10.0. The van der Waals surface area contributed by atoms with E-state index in [9.17, 15) is 14.4 Å². The van der Waals surface area contributed by atoms with E-state index in [2.05, 4.69) is 93.7 Å². The lowest BCUT2D eigenvalue weighted by Gasteiger charge is -2.18. The number of allylic oxidation sites excluding steroid dienone is 12. The predicted molar refractivity (Wildman–Crippen MR) is 348 cm³/mol. The van der Waals surface area contributed by atoms with Crippen molar-refractivity contribution in [2.24, 2.45) is 0 Å². The van der Waals surface area contributed by atoms with Crippen LogP contribution < -0.4 is 0 Å². The van der Waals surface area contributed by atoms with Gasteiger partial charge in [0.25, 0.3) is 0 Å². The van der Waals surface area contributed by atoms with Gasteiger partial charge in [0.1, 0.15) is 13.2 Å². The average molecular weight is 1120 g/mol. The zero-order chi connectivity index (χ0) is 57.8. The summed E-state index contributed by atoms with van der Waals surface area (Å²) >= 11 is 0. The van der Waals surface area contributed by atoms with Gasteiger partial charge in [0.15, 0.2) is 6.10 Å². The molecule has 1 unspecified atom stereocenters. The molecule has 0 heterocycles. The fourth-order valence-corrected chi connectivity index (χ4v) is 10.2. The maximum atomic E-state index is 12.9. The Kier molecular flexibility index (Phi) is 65.7. The van der Waals surface area contributed by atoms with Crippen LogP contribution in [0.1, 0.15) is 361 Å². The van der Waals surface area contributed by atoms with E-state index in [1.165, 1.54) is 225 Å². The second kappa shape index (κ2) is 68.3. The maximum absolute atomic E-state index is 12.9. The van der Waals surface area contributed by atoms with Gasteiger partial charge in [0.2, 0.25) is 0 Å². The number of rotatable bonds is 64. The molecular weight excluding hydrogens is 985 g/mol. The molecule has 0 fully saturated rings. The van der Waals surface area contributed by atoms with Crippen molar-refractivity contribution in [2.75, 3.05) is 13.2 Å². The Balaban J connectivity index is 4.28. The first-order valence-electron chi connectivity index (χ1n) is 34.9. The maximum Gasteiger partial charge on any atom is 0.306 e. The molecule has 0 aliphatic rings.